The molecule has 2 aromatic heterocycles. The Morgan fingerprint density at radius 2 is 2.05 bits per heavy atom. The van der Waals surface area contributed by atoms with E-state index >= 15 is 0 Å². The van der Waals surface area contributed by atoms with Crippen molar-refractivity contribution < 1.29 is 0 Å². The molecule has 0 spiro atoms. The number of hydrogen-bond acceptors (Lipinski definition) is 2. The molecule has 0 amide bonds. The van der Waals surface area contributed by atoms with Gasteiger partial charge in [0.2, 0.25) is 0 Å². The minimum absolute atomic E-state index is 0.467. The van der Waals surface area contributed by atoms with Crippen LogP contribution in [-0.2, 0) is 19.5 Å². The van der Waals surface area contributed by atoms with E-state index in [0.29, 0.717) is 5.88 Å². The average molecular weight is 295 g/mol. The van der Waals surface area contributed by atoms with Crippen molar-refractivity contribution in [2.24, 2.45) is 18.9 Å². The zero-order valence-electron chi connectivity index (χ0n) is 12.6. The molecule has 0 aromatic carbocycles. The number of aryl methyl sites for hydroxylation is 2. The van der Waals surface area contributed by atoms with E-state index in [0.717, 1.165) is 41.1 Å². The van der Waals surface area contributed by atoms with E-state index in [9.17, 15) is 0 Å². The fourth-order valence-electron chi connectivity index (χ4n) is 3.57. The first-order valence-corrected chi connectivity index (χ1v) is 8.10. The third-order valence-electron chi connectivity index (χ3n) is 4.79. The van der Waals surface area contributed by atoms with Crippen LogP contribution in [0, 0.1) is 18.8 Å². The second-order valence-corrected chi connectivity index (χ2v) is 6.44. The highest BCUT2D eigenvalue weighted by Crippen LogP contribution is 2.32. The highest BCUT2D eigenvalue weighted by atomic mass is 35.5. The Bertz CT molecular complexity index is 613. The standard InChI is InChI=1S/C15H23ClN4/c1-10-6-4-5-7-12(10)9-20-13(8-16)17-14-11(2)18-19(3)15(14)20/h10,12H,4-9H2,1-3H3. The van der Waals surface area contributed by atoms with Gasteiger partial charge in [-0.15, -0.1) is 11.6 Å². The summed E-state index contributed by atoms with van der Waals surface area (Å²) >= 11 is 6.11. The Balaban J connectivity index is 2.00. The van der Waals surface area contributed by atoms with E-state index in [1.54, 1.807) is 0 Å². The molecule has 2 atom stereocenters. The van der Waals surface area contributed by atoms with Crippen LogP contribution in [0.5, 0.6) is 0 Å². The summed E-state index contributed by atoms with van der Waals surface area (Å²) in [6.45, 7) is 5.42. The lowest BCUT2D eigenvalue weighted by molar-refractivity contribution is 0.228. The van der Waals surface area contributed by atoms with Gasteiger partial charge in [-0.2, -0.15) is 5.10 Å². The van der Waals surface area contributed by atoms with E-state index in [4.69, 9.17) is 11.6 Å². The lowest BCUT2D eigenvalue weighted by atomic mass is 9.80. The number of halogens is 1. The van der Waals surface area contributed by atoms with Crippen LogP contribution in [-0.4, -0.2) is 19.3 Å². The van der Waals surface area contributed by atoms with Gasteiger partial charge in [-0.05, 0) is 25.2 Å². The minimum atomic E-state index is 0.467. The SMILES string of the molecule is Cc1nn(C)c2c1nc(CCl)n2CC1CCCCC1C. The lowest BCUT2D eigenvalue weighted by Crippen LogP contribution is -2.23. The van der Waals surface area contributed by atoms with Gasteiger partial charge in [0.25, 0.3) is 0 Å². The molecular weight excluding hydrogens is 272 g/mol. The van der Waals surface area contributed by atoms with Gasteiger partial charge >= 0.3 is 0 Å². The van der Waals surface area contributed by atoms with Gasteiger partial charge in [0.05, 0.1) is 11.6 Å². The van der Waals surface area contributed by atoms with Crippen LogP contribution in [0.3, 0.4) is 0 Å². The summed E-state index contributed by atoms with van der Waals surface area (Å²) in [5.74, 6) is 2.97. The van der Waals surface area contributed by atoms with Crippen molar-refractivity contribution in [2.45, 2.75) is 52.0 Å². The molecule has 3 rings (SSSR count). The van der Waals surface area contributed by atoms with Gasteiger partial charge in [0.15, 0.2) is 5.65 Å². The molecule has 20 heavy (non-hydrogen) atoms. The largest absolute Gasteiger partial charge is 0.312 e. The number of imidazole rings is 1. The molecular formula is C15H23ClN4. The maximum atomic E-state index is 6.11. The lowest BCUT2D eigenvalue weighted by Gasteiger charge is -2.29. The smallest absolute Gasteiger partial charge is 0.158 e. The highest BCUT2D eigenvalue weighted by Gasteiger charge is 2.25. The Morgan fingerprint density at radius 3 is 2.75 bits per heavy atom. The molecule has 2 heterocycles. The summed E-state index contributed by atoms with van der Waals surface area (Å²) in [6.07, 6.45) is 5.40. The number of aromatic nitrogens is 4. The van der Waals surface area contributed by atoms with E-state index in [1.165, 1.54) is 25.7 Å². The summed E-state index contributed by atoms with van der Waals surface area (Å²) in [5, 5.41) is 4.49. The van der Waals surface area contributed by atoms with Gasteiger partial charge in [-0.25, -0.2) is 4.98 Å². The van der Waals surface area contributed by atoms with Crippen LogP contribution in [0.2, 0.25) is 0 Å². The van der Waals surface area contributed by atoms with Crippen LogP contribution in [0.15, 0.2) is 0 Å². The molecule has 4 nitrogen and oxygen atoms in total. The highest BCUT2D eigenvalue weighted by molar-refractivity contribution is 6.16. The number of rotatable bonds is 3. The average Bonchev–Trinajstić information content (AvgIpc) is 2.92. The van der Waals surface area contributed by atoms with E-state index in [1.807, 2.05) is 18.7 Å². The predicted molar refractivity (Wildman–Crippen MR) is 81.9 cm³/mol. The molecule has 2 aromatic rings. The van der Waals surface area contributed by atoms with Gasteiger partial charge in [0, 0.05) is 13.6 Å². The van der Waals surface area contributed by atoms with Crippen molar-refractivity contribution in [1.82, 2.24) is 19.3 Å². The van der Waals surface area contributed by atoms with Gasteiger partial charge in [-0.1, -0.05) is 26.2 Å². The molecule has 110 valence electrons. The first-order chi connectivity index (χ1) is 9.61. The molecule has 1 fully saturated rings. The topological polar surface area (TPSA) is 35.6 Å². The summed E-state index contributed by atoms with van der Waals surface area (Å²) < 4.78 is 4.25. The van der Waals surface area contributed by atoms with E-state index in [2.05, 4.69) is 21.6 Å². The maximum absolute atomic E-state index is 6.11. The van der Waals surface area contributed by atoms with Crippen molar-refractivity contribution in [2.75, 3.05) is 0 Å². The molecule has 0 radical (unpaired) electrons. The molecule has 2 unspecified atom stereocenters. The second kappa shape index (κ2) is 5.40. The van der Waals surface area contributed by atoms with Crippen LogP contribution >= 0.6 is 11.6 Å². The first-order valence-electron chi connectivity index (χ1n) is 7.56. The Morgan fingerprint density at radius 1 is 1.30 bits per heavy atom. The molecule has 0 N–H and O–H groups in total. The summed E-state index contributed by atoms with van der Waals surface area (Å²) in [4.78, 5) is 4.69. The predicted octanol–water partition coefficient (Wildman–Crippen LogP) is 3.64. The summed E-state index contributed by atoms with van der Waals surface area (Å²) in [5.41, 5.74) is 3.12. The molecule has 1 saturated carbocycles. The zero-order chi connectivity index (χ0) is 14.3. The maximum Gasteiger partial charge on any atom is 0.158 e. The van der Waals surface area contributed by atoms with Crippen LogP contribution in [0.4, 0.5) is 0 Å². The van der Waals surface area contributed by atoms with Crippen molar-refractivity contribution in [1.29, 1.82) is 0 Å². The van der Waals surface area contributed by atoms with Gasteiger partial charge in [-0.3, -0.25) is 4.68 Å². The molecule has 0 aliphatic heterocycles. The van der Waals surface area contributed by atoms with Crippen LogP contribution in [0.1, 0.15) is 44.1 Å². The Hall–Kier alpha value is -1.03. The summed E-state index contributed by atoms with van der Waals surface area (Å²) in [6, 6.07) is 0. The van der Waals surface area contributed by atoms with Crippen molar-refractivity contribution in [3.8, 4) is 0 Å². The minimum Gasteiger partial charge on any atom is -0.312 e. The molecule has 0 bridgehead atoms. The van der Waals surface area contributed by atoms with Crippen LogP contribution < -0.4 is 0 Å². The third-order valence-corrected chi connectivity index (χ3v) is 5.03. The van der Waals surface area contributed by atoms with Crippen molar-refractivity contribution in [3.05, 3.63) is 11.5 Å². The summed E-state index contributed by atoms with van der Waals surface area (Å²) in [7, 11) is 2.00. The van der Waals surface area contributed by atoms with E-state index < -0.39 is 0 Å². The normalized spacial score (nSPS) is 23.6. The zero-order valence-corrected chi connectivity index (χ0v) is 13.3. The molecule has 0 saturated heterocycles. The third kappa shape index (κ3) is 2.24. The Labute approximate surface area is 125 Å². The first kappa shape index (κ1) is 13.9. The molecule has 1 aliphatic rings. The van der Waals surface area contributed by atoms with Gasteiger partial charge < -0.3 is 4.57 Å². The number of fused-ring (bicyclic) bond motifs is 1. The number of hydrogen-bond donors (Lipinski definition) is 0. The Kier molecular flexibility index (Phi) is 3.76. The second-order valence-electron chi connectivity index (χ2n) is 6.18. The number of alkyl halides is 1. The monoisotopic (exact) mass is 294 g/mol. The number of nitrogens with zero attached hydrogens (tertiary/aromatic N) is 4. The van der Waals surface area contributed by atoms with E-state index in [-0.39, 0.29) is 0 Å². The van der Waals surface area contributed by atoms with Crippen molar-refractivity contribution in [3.63, 3.8) is 0 Å². The molecule has 5 heteroatoms. The van der Waals surface area contributed by atoms with Gasteiger partial charge in [0.1, 0.15) is 11.3 Å². The van der Waals surface area contributed by atoms with Crippen molar-refractivity contribution >= 4 is 22.8 Å². The quantitative estimate of drug-likeness (QED) is 0.810. The fraction of sp³-hybridized carbons (Fsp3) is 0.733. The van der Waals surface area contributed by atoms with Crippen LogP contribution in [0.25, 0.3) is 11.2 Å². The fourth-order valence-corrected chi connectivity index (χ4v) is 3.78. The molecule has 1 aliphatic carbocycles.